The van der Waals surface area contributed by atoms with Crippen LogP contribution in [0.5, 0.6) is 0 Å². The van der Waals surface area contributed by atoms with Gasteiger partial charge in [0.25, 0.3) is 5.91 Å². The van der Waals surface area contributed by atoms with E-state index in [4.69, 9.17) is 10.1 Å². The maximum absolute atomic E-state index is 11.8. The molecule has 1 fully saturated rings. The van der Waals surface area contributed by atoms with Crippen LogP contribution in [0.25, 0.3) is 21.0 Å². The third kappa shape index (κ3) is 4.03. The van der Waals surface area contributed by atoms with Crippen LogP contribution >= 0.6 is 11.5 Å². The minimum Gasteiger partial charge on any atom is -0.366 e. The number of piperazine rings is 1. The number of hydrogen-bond donors (Lipinski definition) is 1. The topological polar surface area (TPSA) is 67.4 Å². The van der Waals surface area contributed by atoms with Crippen molar-refractivity contribution in [2.75, 3.05) is 37.6 Å². The number of para-hydroxylation sites is 1. The lowest BCUT2D eigenvalue weighted by Gasteiger charge is -2.35. The third-order valence-corrected chi connectivity index (χ3v) is 7.02. The Labute approximate surface area is 186 Å². The van der Waals surface area contributed by atoms with Crippen molar-refractivity contribution in [3.63, 3.8) is 0 Å². The van der Waals surface area contributed by atoms with Crippen LogP contribution in [-0.4, -0.2) is 52.5 Å². The Morgan fingerprint density at radius 1 is 0.968 bits per heavy atom. The number of aromatic nitrogens is 2. The molecule has 0 atom stereocenters. The van der Waals surface area contributed by atoms with E-state index < -0.39 is 0 Å². The van der Waals surface area contributed by atoms with Gasteiger partial charge in [-0.1, -0.05) is 24.3 Å². The van der Waals surface area contributed by atoms with E-state index in [-0.39, 0.29) is 5.91 Å². The molecule has 160 valence electrons. The smallest absolute Gasteiger partial charge is 0.250 e. The average Bonchev–Trinajstić information content (AvgIpc) is 3.41. The zero-order valence-electron chi connectivity index (χ0n) is 17.5. The van der Waals surface area contributed by atoms with Gasteiger partial charge >= 0.3 is 0 Å². The number of nitrogens with zero attached hydrogens (tertiary/aromatic N) is 4. The van der Waals surface area contributed by atoms with E-state index >= 15 is 0 Å². The van der Waals surface area contributed by atoms with Gasteiger partial charge in [0.2, 0.25) is 0 Å². The van der Waals surface area contributed by atoms with E-state index in [1.165, 1.54) is 10.1 Å². The normalized spacial score (nSPS) is 15.2. The van der Waals surface area contributed by atoms with E-state index in [0.717, 1.165) is 68.8 Å². The van der Waals surface area contributed by atoms with Crippen molar-refractivity contribution in [2.24, 2.45) is 5.73 Å². The largest absolute Gasteiger partial charge is 0.366 e. The molecule has 1 amide bonds. The summed E-state index contributed by atoms with van der Waals surface area (Å²) >= 11 is 1.59. The summed E-state index contributed by atoms with van der Waals surface area (Å²) in [4.78, 5) is 16.8. The van der Waals surface area contributed by atoms with Crippen molar-refractivity contribution in [2.45, 2.75) is 19.4 Å². The molecule has 7 heteroatoms. The van der Waals surface area contributed by atoms with Crippen LogP contribution in [0.1, 0.15) is 23.2 Å². The molecule has 5 rings (SSSR count). The highest BCUT2D eigenvalue weighted by atomic mass is 32.1. The number of amides is 1. The van der Waals surface area contributed by atoms with Crippen molar-refractivity contribution < 1.29 is 4.79 Å². The van der Waals surface area contributed by atoms with E-state index in [2.05, 4.69) is 50.9 Å². The standard InChI is InChI=1S/C24H27N5OS/c25-23(30)20-8-5-6-18-10-13-28(22(18)20)12-4-3-11-27-14-16-29(17-15-27)24-19-7-1-2-9-21(19)31-26-24/h1-2,5-10,13H,3-4,11-12,14-17H2,(H2,25,30). The number of carbonyl (C=O) groups excluding carboxylic acids is 1. The Morgan fingerprint density at radius 3 is 2.61 bits per heavy atom. The Balaban J connectivity index is 1.13. The summed E-state index contributed by atoms with van der Waals surface area (Å²) in [6.07, 6.45) is 4.28. The second-order valence-electron chi connectivity index (χ2n) is 8.15. The predicted molar refractivity (Wildman–Crippen MR) is 128 cm³/mol. The van der Waals surface area contributed by atoms with Gasteiger partial charge in [0.15, 0.2) is 0 Å². The number of hydrogen-bond acceptors (Lipinski definition) is 5. The van der Waals surface area contributed by atoms with Gasteiger partial charge in [-0.25, -0.2) is 0 Å². The summed E-state index contributed by atoms with van der Waals surface area (Å²) < 4.78 is 8.13. The molecule has 0 saturated carbocycles. The van der Waals surface area contributed by atoms with Gasteiger partial charge in [0.05, 0.1) is 15.8 Å². The van der Waals surface area contributed by atoms with Crippen molar-refractivity contribution in [3.05, 3.63) is 60.3 Å². The van der Waals surface area contributed by atoms with Crippen LogP contribution in [-0.2, 0) is 6.54 Å². The summed E-state index contributed by atoms with van der Waals surface area (Å²) in [5.41, 5.74) is 7.13. The van der Waals surface area contributed by atoms with Gasteiger partial charge in [0.1, 0.15) is 5.82 Å². The molecule has 1 aliphatic heterocycles. The minimum atomic E-state index is -0.365. The Bertz CT molecular complexity index is 1210. The highest BCUT2D eigenvalue weighted by molar-refractivity contribution is 7.13. The van der Waals surface area contributed by atoms with Gasteiger partial charge in [-0.3, -0.25) is 9.69 Å². The molecular weight excluding hydrogens is 406 g/mol. The molecule has 6 nitrogen and oxygen atoms in total. The molecule has 2 N–H and O–H groups in total. The highest BCUT2D eigenvalue weighted by Crippen LogP contribution is 2.29. The monoisotopic (exact) mass is 433 g/mol. The summed E-state index contributed by atoms with van der Waals surface area (Å²) in [6.45, 7) is 6.20. The quantitative estimate of drug-likeness (QED) is 0.448. The van der Waals surface area contributed by atoms with E-state index in [1.807, 2.05) is 18.2 Å². The number of benzene rings is 2. The van der Waals surface area contributed by atoms with E-state index in [0.29, 0.717) is 5.56 Å². The number of rotatable bonds is 7. The first-order chi connectivity index (χ1) is 15.2. The number of unbranched alkanes of at least 4 members (excludes halogenated alkanes) is 1. The summed E-state index contributed by atoms with van der Waals surface area (Å²) in [6, 6.07) is 16.3. The van der Waals surface area contributed by atoms with E-state index in [1.54, 1.807) is 11.5 Å². The van der Waals surface area contributed by atoms with Crippen LogP contribution in [0.2, 0.25) is 0 Å². The van der Waals surface area contributed by atoms with Gasteiger partial charge in [0, 0.05) is 49.7 Å². The molecule has 0 aliphatic carbocycles. The molecule has 0 unspecified atom stereocenters. The molecule has 0 bridgehead atoms. The highest BCUT2D eigenvalue weighted by Gasteiger charge is 2.20. The fourth-order valence-electron chi connectivity index (χ4n) is 4.55. The van der Waals surface area contributed by atoms with Crippen LogP contribution in [0, 0.1) is 0 Å². The first-order valence-corrected chi connectivity index (χ1v) is 11.7. The molecule has 3 heterocycles. The van der Waals surface area contributed by atoms with Crippen molar-refractivity contribution in [1.29, 1.82) is 0 Å². The molecule has 4 aromatic rings. The fourth-order valence-corrected chi connectivity index (χ4v) is 5.34. The molecule has 0 radical (unpaired) electrons. The number of anilines is 1. The Hall–Kier alpha value is -2.90. The van der Waals surface area contributed by atoms with Gasteiger partial charge in [-0.2, -0.15) is 4.37 Å². The van der Waals surface area contributed by atoms with Gasteiger partial charge in [-0.05, 0) is 55.2 Å². The maximum atomic E-state index is 11.8. The van der Waals surface area contributed by atoms with E-state index in [9.17, 15) is 4.79 Å². The summed E-state index contributed by atoms with van der Waals surface area (Å²) in [7, 11) is 0. The first-order valence-electron chi connectivity index (χ1n) is 10.9. The van der Waals surface area contributed by atoms with Crippen molar-refractivity contribution in [1.82, 2.24) is 13.8 Å². The van der Waals surface area contributed by atoms with Crippen molar-refractivity contribution >= 4 is 44.2 Å². The molecule has 1 aliphatic rings. The molecule has 31 heavy (non-hydrogen) atoms. The molecule has 1 saturated heterocycles. The second kappa shape index (κ2) is 8.69. The maximum Gasteiger partial charge on any atom is 0.250 e. The molecular formula is C24H27N5OS. The zero-order chi connectivity index (χ0) is 21.2. The molecule has 2 aromatic heterocycles. The lowest BCUT2D eigenvalue weighted by molar-refractivity contribution is 0.100. The minimum absolute atomic E-state index is 0.365. The number of fused-ring (bicyclic) bond motifs is 2. The zero-order valence-corrected chi connectivity index (χ0v) is 18.4. The van der Waals surface area contributed by atoms with Crippen LogP contribution in [0.15, 0.2) is 54.7 Å². The lowest BCUT2D eigenvalue weighted by atomic mass is 10.1. The second-order valence-corrected chi connectivity index (χ2v) is 8.96. The number of primary amides is 1. The van der Waals surface area contributed by atoms with Gasteiger partial charge in [-0.15, -0.1) is 0 Å². The van der Waals surface area contributed by atoms with Crippen LogP contribution in [0.4, 0.5) is 5.82 Å². The molecule has 2 aromatic carbocycles. The first kappa shape index (κ1) is 20.0. The summed E-state index contributed by atoms with van der Waals surface area (Å²) in [5, 5.41) is 2.34. The predicted octanol–water partition coefficient (Wildman–Crippen LogP) is 3.95. The third-order valence-electron chi connectivity index (χ3n) is 6.21. The van der Waals surface area contributed by atoms with Crippen LogP contribution < -0.4 is 10.6 Å². The number of nitrogens with two attached hydrogens (primary N) is 1. The Kier molecular flexibility index (Phi) is 5.61. The number of carbonyl (C=O) groups is 1. The van der Waals surface area contributed by atoms with Crippen LogP contribution in [0.3, 0.4) is 0 Å². The average molecular weight is 434 g/mol. The summed E-state index contributed by atoms with van der Waals surface area (Å²) in [5.74, 6) is 0.779. The van der Waals surface area contributed by atoms with Gasteiger partial charge < -0.3 is 15.2 Å². The lowest BCUT2D eigenvalue weighted by Crippen LogP contribution is -2.46. The Morgan fingerprint density at radius 2 is 1.77 bits per heavy atom. The SMILES string of the molecule is NC(=O)c1cccc2ccn(CCCCN3CCN(c4nsc5ccccc45)CC3)c12. The molecule has 0 spiro atoms. The van der Waals surface area contributed by atoms with Crippen molar-refractivity contribution in [3.8, 4) is 0 Å². The number of aryl methyl sites for hydroxylation is 1. The fraction of sp³-hybridized carbons (Fsp3) is 0.333.